The summed E-state index contributed by atoms with van der Waals surface area (Å²) in [5.74, 6) is 0. The van der Waals surface area contributed by atoms with Crippen LogP contribution >= 0.6 is 0 Å². The summed E-state index contributed by atoms with van der Waals surface area (Å²) in [6.07, 6.45) is 3.45. The van der Waals surface area contributed by atoms with Gasteiger partial charge in [-0.2, -0.15) is 0 Å². The molecule has 1 amide bonds. The second-order valence-corrected chi connectivity index (χ2v) is 4.77. The number of carbonyl (C=O) groups is 1. The quantitative estimate of drug-likeness (QED) is 0.839. The maximum Gasteiger partial charge on any atom is 0.407 e. The van der Waals surface area contributed by atoms with Crippen molar-refractivity contribution in [2.45, 2.75) is 40.0 Å². The van der Waals surface area contributed by atoms with E-state index in [1.165, 1.54) is 10.5 Å². The highest BCUT2D eigenvalue weighted by atomic mass is 16.5. The molecule has 6 nitrogen and oxygen atoms in total. The van der Waals surface area contributed by atoms with Crippen molar-refractivity contribution in [2.75, 3.05) is 33.9 Å². The standard InChI is InChI=1S/C11H16N2O2.2C3H8O/c1-3-9-4-5-10(12-8-9)6-7-13(2)11(14)15;1-3-4-2;1-2-3-4/h4-5,8H,3,6-7H2,1-2H3,(H,14,15);3H2,1-2H3;4H,2-3H2,1H3. The van der Waals surface area contributed by atoms with Crippen LogP contribution in [0, 0.1) is 0 Å². The Labute approximate surface area is 140 Å². The van der Waals surface area contributed by atoms with E-state index in [2.05, 4.69) is 16.6 Å². The van der Waals surface area contributed by atoms with Gasteiger partial charge in [-0.05, 0) is 31.4 Å². The molecular formula is C17H32N2O4. The molecule has 0 radical (unpaired) electrons. The first-order valence-corrected chi connectivity index (χ1v) is 7.94. The molecule has 0 spiro atoms. The van der Waals surface area contributed by atoms with Gasteiger partial charge in [0.2, 0.25) is 0 Å². The average Bonchev–Trinajstić information content (AvgIpc) is 2.60. The van der Waals surface area contributed by atoms with Crippen molar-refractivity contribution in [3.63, 3.8) is 0 Å². The molecule has 0 saturated heterocycles. The van der Waals surface area contributed by atoms with Gasteiger partial charge >= 0.3 is 6.09 Å². The van der Waals surface area contributed by atoms with Crippen LogP contribution in [0.25, 0.3) is 0 Å². The summed E-state index contributed by atoms with van der Waals surface area (Å²) >= 11 is 0. The smallest absolute Gasteiger partial charge is 0.407 e. The molecule has 0 atom stereocenters. The Kier molecular flexibility index (Phi) is 17.1. The van der Waals surface area contributed by atoms with Crippen molar-refractivity contribution in [2.24, 2.45) is 0 Å². The fourth-order valence-corrected chi connectivity index (χ4v) is 1.19. The molecule has 0 aliphatic heterocycles. The number of hydrogen-bond donors (Lipinski definition) is 2. The van der Waals surface area contributed by atoms with E-state index < -0.39 is 6.09 Å². The molecule has 1 heterocycles. The molecule has 1 aromatic heterocycles. The number of ether oxygens (including phenoxy) is 1. The number of amides is 1. The first kappa shape index (κ1) is 23.6. The first-order chi connectivity index (χ1) is 11.0. The lowest BCUT2D eigenvalue weighted by Gasteiger charge is -2.11. The van der Waals surface area contributed by atoms with Gasteiger partial charge in [0.15, 0.2) is 0 Å². The summed E-state index contributed by atoms with van der Waals surface area (Å²) in [7, 11) is 3.24. The number of methoxy groups -OCH3 is 1. The zero-order valence-electron chi connectivity index (χ0n) is 15.1. The summed E-state index contributed by atoms with van der Waals surface area (Å²) in [4.78, 5) is 16.0. The number of rotatable bonds is 6. The molecule has 23 heavy (non-hydrogen) atoms. The van der Waals surface area contributed by atoms with E-state index in [-0.39, 0.29) is 0 Å². The minimum absolute atomic E-state index is 0.319. The highest BCUT2D eigenvalue weighted by molar-refractivity contribution is 5.64. The van der Waals surface area contributed by atoms with Crippen LogP contribution in [-0.2, 0) is 17.6 Å². The lowest BCUT2D eigenvalue weighted by molar-refractivity contribution is 0.156. The minimum Gasteiger partial charge on any atom is -0.465 e. The van der Waals surface area contributed by atoms with Gasteiger partial charge in [-0.15, -0.1) is 0 Å². The molecule has 0 aliphatic rings. The Hall–Kier alpha value is -1.66. The number of carboxylic acid groups (broad SMARTS) is 1. The Bertz CT molecular complexity index is 375. The second-order valence-electron chi connectivity index (χ2n) is 4.77. The Morgan fingerprint density at radius 3 is 2.17 bits per heavy atom. The first-order valence-electron chi connectivity index (χ1n) is 7.94. The summed E-state index contributed by atoms with van der Waals surface area (Å²) in [6.45, 7) is 7.59. The van der Waals surface area contributed by atoms with Crippen molar-refractivity contribution in [3.8, 4) is 0 Å². The molecule has 134 valence electrons. The van der Waals surface area contributed by atoms with Gasteiger partial charge in [0.05, 0.1) is 0 Å². The fraction of sp³-hybridized carbons (Fsp3) is 0.647. The van der Waals surface area contributed by atoms with Gasteiger partial charge in [0.25, 0.3) is 0 Å². The molecule has 1 rings (SSSR count). The third kappa shape index (κ3) is 15.0. The molecule has 6 heteroatoms. The van der Waals surface area contributed by atoms with Gasteiger partial charge in [0, 0.05) is 52.2 Å². The van der Waals surface area contributed by atoms with Crippen LogP contribution in [-0.4, -0.2) is 60.1 Å². The summed E-state index contributed by atoms with van der Waals surface area (Å²) in [5.41, 5.74) is 2.13. The zero-order chi connectivity index (χ0) is 18.1. The normalized spacial score (nSPS) is 9.13. The molecule has 0 fully saturated rings. The van der Waals surface area contributed by atoms with Gasteiger partial charge in [0.1, 0.15) is 0 Å². The Balaban J connectivity index is 0. The highest BCUT2D eigenvalue weighted by Crippen LogP contribution is 2.02. The molecule has 0 aliphatic carbocycles. The van der Waals surface area contributed by atoms with Gasteiger partial charge in [-0.25, -0.2) is 4.79 Å². The Morgan fingerprint density at radius 1 is 1.30 bits per heavy atom. The second kappa shape index (κ2) is 16.7. The van der Waals surface area contributed by atoms with Crippen LogP contribution in [0.4, 0.5) is 4.79 Å². The maximum atomic E-state index is 10.5. The van der Waals surface area contributed by atoms with Crippen molar-refractivity contribution in [1.82, 2.24) is 9.88 Å². The number of aryl methyl sites for hydroxylation is 1. The summed E-state index contributed by atoms with van der Waals surface area (Å²) in [6, 6.07) is 3.98. The molecule has 0 unspecified atom stereocenters. The third-order valence-corrected chi connectivity index (χ3v) is 2.84. The van der Waals surface area contributed by atoms with E-state index in [0.717, 1.165) is 25.1 Å². The lowest BCUT2D eigenvalue weighted by atomic mass is 10.2. The number of likely N-dealkylation sites (N-methyl/N-ethyl adjacent to an activating group) is 1. The zero-order valence-corrected chi connectivity index (χ0v) is 15.1. The van der Waals surface area contributed by atoms with Crippen LogP contribution in [0.3, 0.4) is 0 Å². The van der Waals surface area contributed by atoms with E-state index in [1.807, 2.05) is 32.2 Å². The van der Waals surface area contributed by atoms with Gasteiger partial charge < -0.3 is 19.8 Å². The number of aliphatic hydroxyl groups excluding tert-OH is 1. The summed E-state index contributed by atoms with van der Waals surface area (Å²) < 4.78 is 4.54. The number of aromatic nitrogens is 1. The van der Waals surface area contributed by atoms with Crippen LogP contribution in [0.1, 0.15) is 38.4 Å². The van der Waals surface area contributed by atoms with Crippen LogP contribution in [0.2, 0.25) is 0 Å². The summed E-state index contributed by atoms with van der Waals surface area (Å²) in [5, 5.41) is 16.5. The average molecular weight is 328 g/mol. The fourth-order valence-electron chi connectivity index (χ4n) is 1.19. The van der Waals surface area contributed by atoms with Crippen LogP contribution in [0.5, 0.6) is 0 Å². The Morgan fingerprint density at radius 2 is 1.87 bits per heavy atom. The van der Waals surface area contributed by atoms with Gasteiger partial charge in [-0.1, -0.05) is 19.9 Å². The van der Waals surface area contributed by atoms with E-state index in [9.17, 15) is 4.79 Å². The largest absolute Gasteiger partial charge is 0.465 e. The van der Waals surface area contributed by atoms with Crippen LogP contribution in [0.15, 0.2) is 18.3 Å². The van der Waals surface area contributed by atoms with Crippen molar-refractivity contribution < 1.29 is 19.7 Å². The van der Waals surface area contributed by atoms with Crippen LogP contribution < -0.4 is 0 Å². The predicted molar refractivity (Wildman–Crippen MR) is 92.9 cm³/mol. The monoisotopic (exact) mass is 328 g/mol. The number of nitrogens with zero attached hydrogens (tertiary/aromatic N) is 2. The molecule has 2 N–H and O–H groups in total. The molecule has 1 aromatic rings. The third-order valence-electron chi connectivity index (χ3n) is 2.84. The van der Waals surface area contributed by atoms with E-state index in [4.69, 9.17) is 10.2 Å². The predicted octanol–water partition coefficient (Wildman–Crippen LogP) is 2.84. The maximum absolute atomic E-state index is 10.5. The SMILES string of the molecule is CCCO.CCOC.CCc1ccc(CCN(C)C(=O)O)nc1. The number of pyridine rings is 1. The minimum atomic E-state index is -0.903. The van der Waals surface area contributed by atoms with E-state index in [0.29, 0.717) is 19.6 Å². The number of aliphatic hydroxyl groups is 1. The van der Waals surface area contributed by atoms with Gasteiger partial charge in [-0.3, -0.25) is 4.98 Å². The molecule has 0 saturated carbocycles. The topological polar surface area (TPSA) is 82.9 Å². The molecular weight excluding hydrogens is 296 g/mol. The molecule has 0 aromatic carbocycles. The van der Waals surface area contributed by atoms with E-state index in [1.54, 1.807) is 14.2 Å². The van der Waals surface area contributed by atoms with Crippen molar-refractivity contribution >= 4 is 6.09 Å². The lowest BCUT2D eigenvalue weighted by Crippen LogP contribution is -2.27. The molecule has 0 bridgehead atoms. The number of hydrogen-bond acceptors (Lipinski definition) is 4. The highest BCUT2D eigenvalue weighted by Gasteiger charge is 2.05. The van der Waals surface area contributed by atoms with Crippen molar-refractivity contribution in [1.29, 1.82) is 0 Å². The van der Waals surface area contributed by atoms with E-state index >= 15 is 0 Å². The van der Waals surface area contributed by atoms with Crippen molar-refractivity contribution in [3.05, 3.63) is 29.6 Å².